The lowest BCUT2D eigenvalue weighted by Crippen LogP contribution is -2.18. The highest BCUT2D eigenvalue weighted by atomic mass is 35.5. The summed E-state index contributed by atoms with van der Waals surface area (Å²) in [5, 5.41) is 27.3. The Hall–Kier alpha value is -3.78. The van der Waals surface area contributed by atoms with E-state index in [2.05, 4.69) is 20.8 Å². The summed E-state index contributed by atoms with van der Waals surface area (Å²) < 4.78 is 1.63. The minimum atomic E-state index is -0.457. The molecule has 3 aromatic carbocycles. The monoisotopic (exact) mass is 420 g/mol. The van der Waals surface area contributed by atoms with Gasteiger partial charge < -0.3 is 5.32 Å². The predicted octanol–water partition coefficient (Wildman–Crippen LogP) is 4.73. The second kappa shape index (κ2) is 8.30. The molecule has 4 aromatic rings. The lowest BCUT2D eigenvalue weighted by Gasteiger charge is -2.20. The van der Waals surface area contributed by atoms with E-state index < -0.39 is 11.0 Å². The molecule has 4 rings (SSSR count). The average molecular weight is 421 g/mol. The predicted molar refractivity (Wildman–Crippen MR) is 114 cm³/mol. The van der Waals surface area contributed by atoms with Crippen molar-refractivity contribution >= 4 is 23.0 Å². The number of nitro groups is 1. The summed E-state index contributed by atoms with van der Waals surface area (Å²) in [6.07, 6.45) is 0. The summed E-state index contributed by atoms with van der Waals surface area (Å²) in [6.45, 7) is 1.95. The molecule has 0 saturated carbocycles. The molecule has 1 aromatic heterocycles. The van der Waals surface area contributed by atoms with Gasteiger partial charge in [0.15, 0.2) is 5.82 Å². The molecule has 0 unspecified atom stereocenters. The van der Waals surface area contributed by atoms with Crippen LogP contribution in [0.3, 0.4) is 0 Å². The topological polar surface area (TPSA) is 98.8 Å². The number of anilines is 1. The number of aromatic nitrogens is 4. The van der Waals surface area contributed by atoms with Crippen LogP contribution in [0.25, 0.3) is 5.69 Å². The van der Waals surface area contributed by atoms with Crippen LogP contribution in [0, 0.1) is 17.0 Å². The van der Waals surface area contributed by atoms with E-state index in [9.17, 15) is 10.1 Å². The highest BCUT2D eigenvalue weighted by molar-refractivity contribution is 6.30. The van der Waals surface area contributed by atoms with Crippen molar-refractivity contribution in [2.45, 2.75) is 13.0 Å². The van der Waals surface area contributed by atoms with E-state index in [1.807, 2.05) is 43.3 Å². The van der Waals surface area contributed by atoms with Crippen molar-refractivity contribution in [3.05, 3.63) is 105 Å². The molecule has 0 saturated heterocycles. The van der Waals surface area contributed by atoms with E-state index in [0.29, 0.717) is 10.8 Å². The zero-order valence-corrected chi connectivity index (χ0v) is 16.7. The molecule has 0 radical (unpaired) electrons. The SMILES string of the molecule is Cc1ccc(Cl)cc1-n1nnnc1[C@H](Nc1ccccc1)c1ccc([N+](=O)[O-])cc1. The van der Waals surface area contributed by atoms with Gasteiger partial charge in [0.2, 0.25) is 0 Å². The number of benzene rings is 3. The minimum Gasteiger partial charge on any atom is -0.371 e. The van der Waals surface area contributed by atoms with Gasteiger partial charge in [-0.05, 0) is 64.9 Å². The van der Waals surface area contributed by atoms with Crippen LogP contribution < -0.4 is 5.32 Å². The zero-order valence-electron chi connectivity index (χ0n) is 15.9. The van der Waals surface area contributed by atoms with Crippen molar-refractivity contribution in [2.24, 2.45) is 0 Å². The van der Waals surface area contributed by atoms with Gasteiger partial charge in [0.05, 0.1) is 10.6 Å². The average Bonchev–Trinajstić information content (AvgIpc) is 3.24. The highest BCUT2D eigenvalue weighted by Gasteiger charge is 2.24. The van der Waals surface area contributed by atoms with Crippen molar-refractivity contribution in [2.75, 3.05) is 5.32 Å². The smallest absolute Gasteiger partial charge is 0.269 e. The van der Waals surface area contributed by atoms with Gasteiger partial charge in [-0.15, -0.1) is 5.10 Å². The van der Waals surface area contributed by atoms with Crippen LogP contribution in [0.5, 0.6) is 0 Å². The number of hydrogen-bond acceptors (Lipinski definition) is 6. The number of tetrazole rings is 1. The molecule has 0 aliphatic carbocycles. The second-order valence-electron chi connectivity index (χ2n) is 6.67. The Morgan fingerprint density at radius 3 is 2.50 bits per heavy atom. The number of aryl methyl sites for hydroxylation is 1. The number of nitro benzene ring substituents is 1. The quantitative estimate of drug-likeness (QED) is 0.357. The van der Waals surface area contributed by atoms with Gasteiger partial charge in [-0.25, -0.2) is 0 Å². The van der Waals surface area contributed by atoms with Crippen LogP contribution in [0.15, 0.2) is 72.8 Å². The Kier molecular flexibility index (Phi) is 5.40. The fourth-order valence-corrected chi connectivity index (χ4v) is 3.31. The van der Waals surface area contributed by atoms with Crippen LogP contribution in [0.4, 0.5) is 11.4 Å². The largest absolute Gasteiger partial charge is 0.371 e. The first-order valence-corrected chi connectivity index (χ1v) is 9.51. The Bertz CT molecular complexity index is 1180. The summed E-state index contributed by atoms with van der Waals surface area (Å²) in [6, 6.07) is 21.0. The van der Waals surface area contributed by atoms with Gasteiger partial charge in [0.25, 0.3) is 5.69 Å². The molecule has 0 amide bonds. The summed E-state index contributed by atoms with van der Waals surface area (Å²) >= 11 is 6.20. The van der Waals surface area contributed by atoms with Crippen LogP contribution in [0.2, 0.25) is 5.02 Å². The maximum absolute atomic E-state index is 11.1. The number of nitrogens with one attached hydrogen (secondary N) is 1. The maximum atomic E-state index is 11.1. The first-order chi connectivity index (χ1) is 14.5. The van der Waals surface area contributed by atoms with Crippen LogP contribution in [0.1, 0.15) is 23.0 Å². The molecule has 150 valence electrons. The van der Waals surface area contributed by atoms with Gasteiger partial charge >= 0.3 is 0 Å². The molecule has 0 aliphatic rings. The second-order valence-corrected chi connectivity index (χ2v) is 7.11. The molecule has 8 nitrogen and oxygen atoms in total. The van der Waals surface area contributed by atoms with Gasteiger partial charge in [-0.1, -0.05) is 35.9 Å². The first-order valence-electron chi connectivity index (χ1n) is 9.13. The molecule has 1 N–H and O–H groups in total. The van der Waals surface area contributed by atoms with Gasteiger partial charge in [0.1, 0.15) is 6.04 Å². The third kappa shape index (κ3) is 3.99. The van der Waals surface area contributed by atoms with E-state index in [0.717, 1.165) is 22.5 Å². The third-order valence-corrected chi connectivity index (χ3v) is 4.91. The Labute approximate surface area is 177 Å². The summed E-state index contributed by atoms with van der Waals surface area (Å²) in [7, 11) is 0. The zero-order chi connectivity index (χ0) is 21.1. The maximum Gasteiger partial charge on any atom is 0.269 e. The summed E-state index contributed by atoms with van der Waals surface area (Å²) in [5.41, 5.74) is 3.36. The van der Waals surface area contributed by atoms with E-state index in [4.69, 9.17) is 11.6 Å². The molecule has 30 heavy (non-hydrogen) atoms. The van der Waals surface area contributed by atoms with Gasteiger partial charge in [-0.3, -0.25) is 10.1 Å². The number of hydrogen-bond donors (Lipinski definition) is 1. The number of nitrogens with zero attached hydrogens (tertiary/aromatic N) is 5. The Morgan fingerprint density at radius 1 is 1.07 bits per heavy atom. The number of para-hydroxylation sites is 1. The van der Waals surface area contributed by atoms with Crippen molar-refractivity contribution in [3.63, 3.8) is 0 Å². The van der Waals surface area contributed by atoms with Crippen molar-refractivity contribution in [3.8, 4) is 5.69 Å². The van der Waals surface area contributed by atoms with Crippen molar-refractivity contribution < 1.29 is 4.92 Å². The van der Waals surface area contributed by atoms with E-state index >= 15 is 0 Å². The molecule has 1 heterocycles. The Morgan fingerprint density at radius 2 is 1.80 bits per heavy atom. The fraction of sp³-hybridized carbons (Fsp3) is 0.0952. The van der Waals surface area contributed by atoms with Crippen molar-refractivity contribution in [1.82, 2.24) is 20.2 Å². The lowest BCUT2D eigenvalue weighted by atomic mass is 10.0. The summed E-state index contributed by atoms with van der Waals surface area (Å²) in [5.74, 6) is 0.526. The molecule has 0 spiro atoms. The first kappa shape index (κ1) is 19.5. The van der Waals surface area contributed by atoms with E-state index in [-0.39, 0.29) is 5.69 Å². The minimum absolute atomic E-state index is 0.0162. The van der Waals surface area contributed by atoms with Gasteiger partial charge in [0, 0.05) is 22.8 Å². The normalized spacial score (nSPS) is 11.8. The molecule has 1 atom stereocenters. The molecule has 9 heteroatoms. The van der Waals surface area contributed by atoms with E-state index in [1.165, 1.54) is 12.1 Å². The highest BCUT2D eigenvalue weighted by Crippen LogP contribution is 2.29. The fourth-order valence-electron chi connectivity index (χ4n) is 3.14. The molecule has 0 bridgehead atoms. The van der Waals surface area contributed by atoms with E-state index in [1.54, 1.807) is 28.9 Å². The van der Waals surface area contributed by atoms with Crippen LogP contribution >= 0.6 is 11.6 Å². The molecule has 0 aliphatic heterocycles. The summed E-state index contributed by atoms with van der Waals surface area (Å²) in [4.78, 5) is 10.6. The van der Waals surface area contributed by atoms with Crippen molar-refractivity contribution in [1.29, 1.82) is 0 Å². The third-order valence-electron chi connectivity index (χ3n) is 4.67. The number of rotatable bonds is 6. The number of non-ortho nitro benzene ring substituents is 1. The standard InChI is InChI=1S/C21H17ClN6O2/c1-14-7-10-16(22)13-19(14)27-21(24-25-26-27)20(23-17-5-3-2-4-6-17)15-8-11-18(12-9-15)28(29)30/h2-13,20,23H,1H3/t20-/m1/s1. The van der Waals surface area contributed by atoms with Crippen LogP contribution in [-0.4, -0.2) is 25.1 Å². The molecule has 0 fully saturated rings. The van der Waals surface area contributed by atoms with Gasteiger partial charge in [-0.2, -0.15) is 4.68 Å². The number of halogens is 1. The Balaban J connectivity index is 1.82. The molecular formula is C21H17ClN6O2. The lowest BCUT2D eigenvalue weighted by molar-refractivity contribution is -0.384. The molecular weight excluding hydrogens is 404 g/mol. The van der Waals surface area contributed by atoms with Crippen LogP contribution in [-0.2, 0) is 0 Å².